The van der Waals surface area contributed by atoms with E-state index < -0.39 is 0 Å². The highest BCUT2D eigenvalue weighted by atomic mass is 16.5. The third kappa shape index (κ3) is 4.29. The van der Waals surface area contributed by atoms with Crippen molar-refractivity contribution < 1.29 is 9.47 Å². The summed E-state index contributed by atoms with van der Waals surface area (Å²) in [6.07, 6.45) is 2.07. The predicted molar refractivity (Wildman–Crippen MR) is 60.4 cm³/mol. The van der Waals surface area contributed by atoms with Crippen LogP contribution in [0.4, 0.5) is 5.95 Å². The van der Waals surface area contributed by atoms with Crippen LogP contribution >= 0.6 is 0 Å². The topological polar surface area (TPSA) is 83.2 Å². The Kier molecular flexibility index (Phi) is 4.75. The van der Waals surface area contributed by atoms with Gasteiger partial charge in [0.2, 0.25) is 5.95 Å². The highest BCUT2D eigenvalue weighted by Crippen LogP contribution is 2.11. The lowest BCUT2D eigenvalue weighted by Gasteiger charge is -2.07. The maximum absolute atomic E-state index is 5.47. The van der Waals surface area contributed by atoms with Gasteiger partial charge in [-0.2, -0.15) is 9.97 Å². The summed E-state index contributed by atoms with van der Waals surface area (Å²) >= 11 is 0. The third-order valence-electron chi connectivity index (χ3n) is 1.95. The van der Waals surface area contributed by atoms with Gasteiger partial charge in [0, 0.05) is 0 Å². The van der Waals surface area contributed by atoms with E-state index >= 15 is 0 Å². The van der Waals surface area contributed by atoms with Crippen molar-refractivity contribution in [1.82, 2.24) is 15.0 Å². The zero-order valence-corrected chi connectivity index (χ0v) is 9.93. The Morgan fingerprint density at radius 2 is 1.88 bits per heavy atom. The second-order valence-electron chi connectivity index (χ2n) is 3.85. The molecule has 0 spiro atoms. The van der Waals surface area contributed by atoms with Crippen LogP contribution in [0.5, 0.6) is 12.0 Å². The van der Waals surface area contributed by atoms with Crippen molar-refractivity contribution in [2.75, 3.05) is 19.5 Å². The third-order valence-corrected chi connectivity index (χ3v) is 1.95. The number of nitrogens with two attached hydrogens (primary N) is 1. The summed E-state index contributed by atoms with van der Waals surface area (Å²) in [5, 5.41) is 0. The van der Waals surface area contributed by atoms with E-state index in [2.05, 4.69) is 28.8 Å². The number of hydrogen-bond acceptors (Lipinski definition) is 6. The highest BCUT2D eigenvalue weighted by Gasteiger charge is 2.05. The van der Waals surface area contributed by atoms with Gasteiger partial charge in [0.05, 0.1) is 13.7 Å². The molecular weight excluding hydrogens is 208 g/mol. The molecule has 2 N–H and O–H groups in total. The lowest BCUT2D eigenvalue weighted by Crippen LogP contribution is -2.07. The Labute approximate surface area is 95.2 Å². The minimum absolute atomic E-state index is 0.103. The molecule has 0 unspecified atom stereocenters. The molecule has 0 aromatic carbocycles. The van der Waals surface area contributed by atoms with Crippen molar-refractivity contribution in [3.8, 4) is 12.0 Å². The smallest absolute Gasteiger partial charge is 0.324 e. The Hall–Kier alpha value is -1.59. The summed E-state index contributed by atoms with van der Waals surface area (Å²) in [5.74, 6) is 0.771. The van der Waals surface area contributed by atoms with E-state index in [0.29, 0.717) is 12.5 Å². The van der Waals surface area contributed by atoms with E-state index in [4.69, 9.17) is 15.2 Å². The Bertz CT molecular complexity index is 331. The van der Waals surface area contributed by atoms with Crippen molar-refractivity contribution >= 4 is 5.95 Å². The normalized spacial score (nSPS) is 10.5. The van der Waals surface area contributed by atoms with Gasteiger partial charge in [-0.05, 0) is 18.8 Å². The molecule has 1 rings (SSSR count). The summed E-state index contributed by atoms with van der Waals surface area (Å²) in [7, 11) is 1.47. The second-order valence-corrected chi connectivity index (χ2v) is 3.85. The summed E-state index contributed by atoms with van der Waals surface area (Å²) < 4.78 is 10.2. The molecule has 0 aliphatic heterocycles. The van der Waals surface area contributed by atoms with Crippen LogP contribution < -0.4 is 15.2 Å². The van der Waals surface area contributed by atoms with E-state index in [-0.39, 0.29) is 18.0 Å². The van der Waals surface area contributed by atoms with Crippen LogP contribution in [0.25, 0.3) is 0 Å². The van der Waals surface area contributed by atoms with Crippen LogP contribution in [0.2, 0.25) is 0 Å². The maximum Gasteiger partial charge on any atom is 0.324 e. The molecule has 0 bridgehead atoms. The first-order chi connectivity index (χ1) is 7.61. The fourth-order valence-electron chi connectivity index (χ4n) is 1.16. The number of rotatable bonds is 6. The fourth-order valence-corrected chi connectivity index (χ4v) is 1.16. The number of hydrogen-bond donors (Lipinski definition) is 1. The molecule has 0 atom stereocenters. The zero-order chi connectivity index (χ0) is 12.0. The molecule has 6 nitrogen and oxygen atoms in total. The number of ether oxygens (including phenoxy) is 2. The molecule has 1 aromatic rings. The lowest BCUT2D eigenvalue weighted by molar-refractivity contribution is 0.267. The molecule has 0 saturated carbocycles. The van der Waals surface area contributed by atoms with E-state index in [0.717, 1.165) is 12.8 Å². The molecule has 0 aliphatic carbocycles. The first-order valence-corrected chi connectivity index (χ1v) is 5.30. The first-order valence-electron chi connectivity index (χ1n) is 5.30. The fraction of sp³-hybridized carbons (Fsp3) is 0.700. The lowest BCUT2D eigenvalue weighted by atomic mass is 10.1. The number of anilines is 1. The molecule has 0 amide bonds. The number of nitrogens with zero attached hydrogens (tertiary/aromatic N) is 3. The summed E-state index contributed by atoms with van der Waals surface area (Å²) in [6, 6.07) is 0.388. The van der Waals surface area contributed by atoms with Gasteiger partial charge in [-0.1, -0.05) is 13.8 Å². The first kappa shape index (κ1) is 12.5. The molecule has 1 aromatic heterocycles. The van der Waals surface area contributed by atoms with Crippen LogP contribution in [-0.4, -0.2) is 28.7 Å². The summed E-state index contributed by atoms with van der Waals surface area (Å²) in [5.41, 5.74) is 5.47. The molecule has 16 heavy (non-hydrogen) atoms. The van der Waals surface area contributed by atoms with Gasteiger partial charge in [0.25, 0.3) is 0 Å². The van der Waals surface area contributed by atoms with Gasteiger partial charge in [-0.3, -0.25) is 0 Å². The summed E-state index contributed by atoms with van der Waals surface area (Å²) in [4.78, 5) is 11.5. The van der Waals surface area contributed by atoms with Gasteiger partial charge < -0.3 is 15.2 Å². The SMILES string of the molecule is COc1nc(N)nc(OCCCC(C)C)n1. The van der Waals surface area contributed by atoms with Crippen LogP contribution in [0.15, 0.2) is 0 Å². The maximum atomic E-state index is 5.47. The van der Waals surface area contributed by atoms with Crippen molar-refractivity contribution in [3.05, 3.63) is 0 Å². The van der Waals surface area contributed by atoms with Crippen molar-refractivity contribution in [2.45, 2.75) is 26.7 Å². The van der Waals surface area contributed by atoms with E-state index in [1.165, 1.54) is 7.11 Å². The van der Waals surface area contributed by atoms with Gasteiger partial charge in [0.1, 0.15) is 0 Å². The second kappa shape index (κ2) is 6.09. The van der Waals surface area contributed by atoms with Crippen molar-refractivity contribution in [3.63, 3.8) is 0 Å². The van der Waals surface area contributed by atoms with E-state index in [1.54, 1.807) is 0 Å². The molecule has 6 heteroatoms. The highest BCUT2D eigenvalue weighted by molar-refractivity contribution is 5.20. The average Bonchev–Trinajstić information content (AvgIpc) is 2.23. The Balaban J connectivity index is 2.44. The molecule has 90 valence electrons. The van der Waals surface area contributed by atoms with Gasteiger partial charge in [-0.25, -0.2) is 0 Å². The molecule has 0 saturated heterocycles. The zero-order valence-electron chi connectivity index (χ0n) is 9.93. The van der Waals surface area contributed by atoms with Crippen molar-refractivity contribution in [2.24, 2.45) is 5.92 Å². The molecule has 1 heterocycles. The molecule has 0 aliphatic rings. The standard InChI is InChI=1S/C10H18N4O2/c1-7(2)5-4-6-16-10-13-8(11)12-9(14-10)15-3/h7H,4-6H2,1-3H3,(H2,11,12,13,14). The summed E-state index contributed by atoms with van der Waals surface area (Å²) in [6.45, 7) is 4.92. The minimum atomic E-state index is 0.103. The van der Waals surface area contributed by atoms with E-state index in [9.17, 15) is 0 Å². The van der Waals surface area contributed by atoms with Crippen molar-refractivity contribution in [1.29, 1.82) is 0 Å². The molecule has 0 radical (unpaired) electrons. The Morgan fingerprint density at radius 3 is 2.50 bits per heavy atom. The molecular formula is C10H18N4O2. The van der Waals surface area contributed by atoms with Gasteiger partial charge in [-0.15, -0.1) is 4.98 Å². The van der Waals surface area contributed by atoms with Gasteiger partial charge >= 0.3 is 12.0 Å². The van der Waals surface area contributed by atoms with Gasteiger partial charge in [0.15, 0.2) is 0 Å². The van der Waals surface area contributed by atoms with Crippen LogP contribution in [0.3, 0.4) is 0 Å². The van der Waals surface area contributed by atoms with Crippen LogP contribution in [0, 0.1) is 5.92 Å². The number of nitrogen functional groups attached to an aromatic ring is 1. The predicted octanol–water partition coefficient (Wildman–Crippen LogP) is 1.28. The monoisotopic (exact) mass is 226 g/mol. The van der Waals surface area contributed by atoms with Crippen LogP contribution in [0.1, 0.15) is 26.7 Å². The van der Waals surface area contributed by atoms with Crippen LogP contribution in [-0.2, 0) is 0 Å². The molecule has 0 fully saturated rings. The average molecular weight is 226 g/mol. The number of aromatic nitrogens is 3. The minimum Gasteiger partial charge on any atom is -0.467 e. The Morgan fingerprint density at radius 1 is 1.19 bits per heavy atom. The quantitative estimate of drug-likeness (QED) is 0.735. The largest absolute Gasteiger partial charge is 0.467 e. The van der Waals surface area contributed by atoms with E-state index in [1.807, 2.05) is 0 Å². The number of methoxy groups -OCH3 is 1.